The fourth-order valence-electron chi connectivity index (χ4n) is 1.04. The molecule has 0 unspecified atom stereocenters. The van der Waals surface area contributed by atoms with Crippen LogP contribution in [-0.2, 0) is 4.79 Å². The number of nitrogens with one attached hydrogen (secondary N) is 1. The lowest BCUT2D eigenvalue weighted by Gasteiger charge is -2.07. The van der Waals surface area contributed by atoms with E-state index < -0.39 is 0 Å². The van der Waals surface area contributed by atoms with Crippen LogP contribution in [0, 0.1) is 6.92 Å². The molecule has 1 aromatic heterocycles. The molecule has 0 atom stereocenters. The molecule has 0 aliphatic heterocycles. The second kappa shape index (κ2) is 5.75. The summed E-state index contributed by atoms with van der Waals surface area (Å²) in [5, 5.41) is 3.73. The highest BCUT2D eigenvalue weighted by Crippen LogP contribution is 2.14. The minimum absolute atomic E-state index is 0.0531. The Bertz CT molecular complexity index is 322. The highest BCUT2D eigenvalue weighted by Gasteiger charge is 2.04. The van der Waals surface area contributed by atoms with Crippen LogP contribution in [0.25, 0.3) is 0 Å². The Labute approximate surface area is 94.7 Å². The van der Waals surface area contributed by atoms with E-state index in [0.29, 0.717) is 5.75 Å². The van der Waals surface area contributed by atoms with Crippen molar-refractivity contribution < 1.29 is 4.79 Å². The van der Waals surface area contributed by atoms with Gasteiger partial charge in [-0.15, -0.1) is 0 Å². The number of carbonyl (C=O) groups excluding carboxylic acids is 1. The lowest BCUT2D eigenvalue weighted by Crippen LogP contribution is -2.31. The van der Waals surface area contributed by atoms with E-state index in [0.717, 1.165) is 10.6 Å². The molecule has 1 amide bonds. The summed E-state index contributed by atoms with van der Waals surface area (Å²) in [7, 11) is 0. The van der Waals surface area contributed by atoms with Crippen LogP contribution >= 0.6 is 11.8 Å². The first-order chi connectivity index (χ1) is 7.08. The molecule has 15 heavy (non-hydrogen) atoms. The summed E-state index contributed by atoms with van der Waals surface area (Å²) in [6.07, 6.45) is 1.81. The minimum Gasteiger partial charge on any atom is -0.353 e. The van der Waals surface area contributed by atoms with Gasteiger partial charge in [0.1, 0.15) is 0 Å². The number of rotatable bonds is 4. The molecule has 0 fully saturated rings. The highest BCUT2D eigenvalue weighted by atomic mass is 32.2. The number of pyridine rings is 1. The first kappa shape index (κ1) is 12.0. The molecular weight excluding hydrogens is 208 g/mol. The summed E-state index contributed by atoms with van der Waals surface area (Å²) in [4.78, 5) is 15.5. The van der Waals surface area contributed by atoms with Crippen LogP contribution in [0.1, 0.15) is 19.4 Å². The predicted octanol–water partition coefficient (Wildman–Crippen LogP) is 2.01. The van der Waals surface area contributed by atoms with E-state index in [1.54, 1.807) is 0 Å². The van der Waals surface area contributed by atoms with Crippen molar-refractivity contribution in [1.29, 1.82) is 0 Å². The quantitative estimate of drug-likeness (QED) is 0.795. The van der Waals surface area contributed by atoms with Gasteiger partial charge in [0.15, 0.2) is 0 Å². The lowest BCUT2D eigenvalue weighted by molar-refractivity contribution is -0.119. The van der Waals surface area contributed by atoms with Gasteiger partial charge in [-0.25, -0.2) is 4.98 Å². The van der Waals surface area contributed by atoms with Crippen molar-refractivity contribution >= 4 is 17.7 Å². The number of hydrogen-bond acceptors (Lipinski definition) is 3. The van der Waals surface area contributed by atoms with Crippen molar-refractivity contribution in [3.63, 3.8) is 0 Å². The molecule has 82 valence electrons. The van der Waals surface area contributed by atoms with Crippen LogP contribution in [-0.4, -0.2) is 22.7 Å². The molecule has 0 saturated heterocycles. The molecule has 0 aliphatic rings. The maximum absolute atomic E-state index is 11.3. The molecule has 0 spiro atoms. The summed E-state index contributed by atoms with van der Waals surface area (Å²) < 4.78 is 0. The van der Waals surface area contributed by atoms with E-state index in [-0.39, 0.29) is 11.9 Å². The fraction of sp³-hybridized carbons (Fsp3) is 0.455. The number of carbonyl (C=O) groups is 1. The Morgan fingerprint density at radius 3 is 2.80 bits per heavy atom. The van der Waals surface area contributed by atoms with Gasteiger partial charge < -0.3 is 5.32 Å². The summed E-state index contributed by atoms with van der Waals surface area (Å²) >= 11 is 1.46. The van der Waals surface area contributed by atoms with Gasteiger partial charge in [0, 0.05) is 12.2 Å². The maximum atomic E-state index is 11.3. The Hall–Kier alpha value is -1.03. The summed E-state index contributed by atoms with van der Waals surface area (Å²) in [5.41, 5.74) is 1.13. The number of thioether (sulfide) groups is 1. The van der Waals surface area contributed by atoms with Crippen molar-refractivity contribution in [2.24, 2.45) is 0 Å². The molecule has 1 N–H and O–H groups in total. The van der Waals surface area contributed by atoms with Gasteiger partial charge in [0.05, 0.1) is 10.8 Å². The number of aryl methyl sites for hydroxylation is 1. The summed E-state index contributed by atoms with van der Waals surface area (Å²) in [6.45, 7) is 5.90. The van der Waals surface area contributed by atoms with E-state index in [4.69, 9.17) is 0 Å². The molecule has 0 aliphatic carbocycles. The average molecular weight is 224 g/mol. The standard InChI is InChI=1S/C11H16N2OS/c1-8(2)13-10(14)7-15-11-5-4-9(3)6-12-11/h4-6,8H,7H2,1-3H3,(H,13,14). The van der Waals surface area contributed by atoms with Gasteiger partial charge in [-0.05, 0) is 32.4 Å². The van der Waals surface area contributed by atoms with Gasteiger partial charge in [-0.2, -0.15) is 0 Å². The average Bonchev–Trinajstić information content (AvgIpc) is 2.16. The number of hydrogen-bond donors (Lipinski definition) is 1. The van der Waals surface area contributed by atoms with Gasteiger partial charge in [-0.1, -0.05) is 17.8 Å². The molecule has 3 nitrogen and oxygen atoms in total. The van der Waals surface area contributed by atoms with Crippen LogP contribution in [0.5, 0.6) is 0 Å². The van der Waals surface area contributed by atoms with Crippen LogP contribution < -0.4 is 5.32 Å². The smallest absolute Gasteiger partial charge is 0.230 e. The Kier molecular flexibility index (Phi) is 4.62. The van der Waals surface area contributed by atoms with Crippen molar-refractivity contribution in [3.8, 4) is 0 Å². The first-order valence-electron chi connectivity index (χ1n) is 4.93. The normalized spacial score (nSPS) is 10.4. The predicted molar refractivity (Wildman–Crippen MR) is 63.0 cm³/mol. The largest absolute Gasteiger partial charge is 0.353 e. The van der Waals surface area contributed by atoms with Crippen molar-refractivity contribution in [2.75, 3.05) is 5.75 Å². The molecule has 0 bridgehead atoms. The SMILES string of the molecule is Cc1ccc(SCC(=O)NC(C)C)nc1. The zero-order valence-corrected chi connectivity index (χ0v) is 10.1. The summed E-state index contributed by atoms with van der Waals surface area (Å²) in [6, 6.07) is 4.13. The number of amides is 1. The maximum Gasteiger partial charge on any atom is 0.230 e. The van der Waals surface area contributed by atoms with Crippen LogP contribution in [0.15, 0.2) is 23.4 Å². The van der Waals surface area contributed by atoms with Gasteiger partial charge in [0.25, 0.3) is 0 Å². The van der Waals surface area contributed by atoms with Crippen molar-refractivity contribution in [2.45, 2.75) is 31.8 Å². The summed E-state index contributed by atoms with van der Waals surface area (Å²) in [5.74, 6) is 0.478. The first-order valence-corrected chi connectivity index (χ1v) is 5.91. The van der Waals surface area contributed by atoms with E-state index in [2.05, 4.69) is 10.3 Å². The second-order valence-electron chi connectivity index (χ2n) is 3.68. The zero-order chi connectivity index (χ0) is 11.3. The monoisotopic (exact) mass is 224 g/mol. The van der Waals surface area contributed by atoms with Gasteiger partial charge in [0.2, 0.25) is 5.91 Å². The van der Waals surface area contributed by atoms with Gasteiger partial charge in [-0.3, -0.25) is 4.79 Å². The molecule has 0 radical (unpaired) electrons. The second-order valence-corrected chi connectivity index (χ2v) is 4.68. The Morgan fingerprint density at radius 2 is 2.27 bits per heavy atom. The fourth-order valence-corrected chi connectivity index (χ4v) is 1.70. The zero-order valence-electron chi connectivity index (χ0n) is 9.28. The Morgan fingerprint density at radius 1 is 1.53 bits per heavy atom. The third kappa shape index (κ3) is 4.83. The van der Waals surface area contributed by atoms with E-state index in [1.807, 2.05) is 39.1 Å². The van der Waals surface area contributed by atoms with E-state index in [9.17, 15) is 4.79 Å². The van der Waals surface area contributed by atoms with Gasteiger partial charge >= 0.3 is 0 Å². The van der Waals surface area contributed by atoms with Crippen LogP contribution in [0.3, 0.4) is 0 Å². The van der Waals surface area contributed by atoms with Crippen molar-refractivity contribution in [1.82, 2.24) is 10.3 Å². The number of aromatic nitrogens is 1. The Balaban J connectivity index is 2.37. The number of nitrogens with zero attached hydrogens (tertiary/aromatic N) is 1. The molecule has 1 heterocycles. The molecule has 0 aromatic carbocycles. The lowest BCUT2D eigenvalue weighted by atomic mass is 10.3. The van der Waals surface area contributed by atoms with Crippen LogP contribution in [0.4, 0.5) is 0 Å². The molecule has 0 saturated carbocycles. The molecule has 1 aromatic rings. The third-order valence-electron chi connectivity index (χ3n) is 1.69. The molecule has 1 rings (SSSR count). The minimum atomic E-state index is 0.0531. The highest BCUT2D eigenvalue weighted by molar-refractivity contribution is 7.99. The van der Waals surface area contributed by atoms with E-state index >= 15 is 0 Å². The van der Waals surface area contributed by atoms with Crippen molar-refractivity contribution in [3.05, 3.63) is 23.9 Å². The van der Waals surface area contributed by atoms with E-state index in [1.165, 1.54) is 11.8 Å². The van der Waals surface area contributed by atoms with Crippen LogP contribution in [0.2, 0.25) is 0 Å². The molecular formula is C11H16N2OS. The third-order valence-corrected chi connectivity index (χ3v) is 2.63. The molecule has 4 heteroatoms. The topological polar surface area (TPSA) is 42.0 Å².